The summed E-state index contributed by atoms with van der Waals surface area (Å²) >= 11 is 6.12. The molecule has 0 fully saturated rings. The smallest absolute Gasteiger partial charge is 0.175 e. The highest BCUT2D eigenvalue weighted by Crippen LogP contribution is 2.30. The second kappa shape index (κ2) is 5.89. The van der Waals surface area contributed by atoms with Gasteiger partial charge in [0.25, 0.3) is 0 Å². The fourth-order valence-corrected chi connectivity index (χ4v) is 2.72. The van der Waals surface area contributed by atoms with E-state index in [9.17, 15) is 8.42 Å². The average molecular weight is 314 g/mol. The van der Waals surface area contributed by atoms with Gasteiger partial charge in [0.2, 0.25) is 0 Å². The van der Waals surface area contributed by atoms with Crippen LogP contribution in [0.3, 0.4) is 0 Å². The Balaban J connectivity index is 2.33. The summed E-state index contributed by atoms with van der Waals surface area (Å²) in [5.41, 5.74) is 0.581. The van der Waals surface area contributed by atoms with Crippen LogP contribution in [0.15, 0.2) is 45.9 Å². The summed E-state index contributed by atoms with van der Waals surface area (Å²) in [5.74, 6) is 0.785. The molecule has 0 aliphatic heterocycles. The standard InChI is InChI=1S/C14H16ClNO3S/c1-3-12(14-5-4-8-19-14)16-13-9-10(20(2,17)18)6-7-11(13)15/h4-9,12,16H,3H2,1-2H3. The first-order valence-electron chi connectivity index (χ1n) is 6.21. The first-order chi connectivity index (χ1) is 9.41. The summed E-state index contributed by atoms with van der Waals surface area (Å²) in [5, 5.41) is 3.70. The number of furan rings is 1. The summed E-state index contributed by atoms with van der Waals surface area (Å²) < 4.78 is 28.6. The van der Waals surface area contributed by atoms with Crippen molar-refractivity contribution in [2.24, 2.45) is 0 Å². The molecule has 0 radical (unpaired) electrons. The molecule has 6 heteroatoms. The first-order valence-corrected chi connectivity index (χ1v) is 8.48. The number of hydrogen-bond donors (Lipinski definition) is 1. The van der Waals surface area contributed by atoms with E-state index in [1.165, 1.54) is 12.3 Å². The molecule has 0 amide bonds. The van der Waals surface area contributed by atoms with Gasteiger partial charge in [-0.05, 0) is 36.8 Å². The van der Waals surface area contributed by atoms with Crippen LogP contribution in [-0.4, -0.2) is 14.7 Å². The minimum absolute atomic E-state index is 0.0580. The monoisotopic (exact) mass is 313 g/mol. The van der Waals surface area contributed by atoms with Crippen molar-refractivity contribution in [3.8, 4) is 0 Å². The second-order valence-electron chi connectivity index (χ2n) is 4.53. The molecule has 108 valence electrons. The molecule has 0 bridgehead atoms. The molecule has 1 unspecified atom stereocenters. The topological polar surface area (TPSA) is 59.3 Å². The van der Waals surface area contributed by atoms with Gasteiger partial charge in [0.1, 0.15) is 5.76 Å². The molecule has 1 N–H and O–H groups in total. The predicted octanol–water partition coefficient (Wildman–Crippen LogP) is 3.90. The zero-order valence-corrected chi connectivity index (χ0v) is 12.8. The van der Waals surface area contributed by atoms with E-state index in [2.05, 4.69) is 5.32 Å². The van der Waals surface area contributed by atoms with E-state index >= 15 is 0 Å². The Morgan fingerprint density at radius 1 is 1.35 bits per heavy atom. The van der Waals surface area contributed by atoms with Crippen molar-refractivity contribution in [1.29, 1.82) is 0 Å². The zero-order valence-electron chi connectivity index (χ0n) is 11.3. The number of hydrogen-bond acceptors (Lipinski definition) is 4. The van der Waals surface area contributed by atoms with Crippen LogP contribution in [0.25, 0.3) is 0 Å². The quantitative estimate of drug-likeness (QED) is 0.909. The average Bonchev–Trinajstić information content (AvgIpc) is 2.90. The van der Waals surface area contributed by atoms with Gasteiger partial charge < -0.3 is 9.73 Å². The lowest BCUT2D eigenvalue weighted by atomic mass is 10.1. The van der Waals surface area contributed by atoms with Gasteiger partial charge in [-0.15, -0.1) is 0 Å². The third-order valence-electron chi connectivity index (χ3n) is 2.99. The Bertz CT molecular complexity index is 680. The molecule has 0 aliphatic carbocycles. The fourth-order valence-electron chi connectivity index (χ4n) is 1.90. The van der Waals surface area contributed by atoms with Crippen LogP contribution < -0.4 is 5.32 Å². The van der Waals surface area contributed by atoms with Crippen LogP contribution in [0.2, 0.25) is 5.02 Å². The lowest BCUT2D eigenvalue weighted by Gasteiger charge is -2.17. The molecule has 1 heterocycles. The van der Waals surface area contributed by atoms with E-state index in [1.54, 1.807) is 18.4 Å². The summed E-state index contributed by atoms with van der Waals surface area (Å²) in [6.45, 7) is 2.01. The van der Waals surface area contributed by atoms with E-state index in [0.717, 1.165) is 12.2 Å². The van der Waals surface area contributed by atoms with E-state index in [4.69, 9.17) is 16.0 Å². The SMILES string of the molecule is CCC(Nc1cc(S(C)(=O)=O)ccc1Cl)c1ccco1. The number of rotatable bonds is 5. The van der Waals surface area contributed by atoms with Crippen LogP contribution in [0.1, 0.15) is 25.1 Å². The Morgan fingerprint density at radius 2 is 2.10 bits per heavy atom. The van der Waals surface area contributed by atoms with Gasteiger partial charge in [0, 0.05) is 6.26 Å². The molecule has 1 atom stereocenters. The van der Waals surface area contributed by atoms with Crippen molar-refractivity contribution < 1.29 is 12.8 Å². The largest absolute Gasteiger partial charge is 0.467 e. The molecule has 4 nitrogen and oxygen atoms in total. The van der Waals surface area contributed by atoms with E-state index in [0.29, 0.717) is 10.7 Å². The molecule has 2 aromatic rings. The minimum atomic E-state index is -3.26. The van der Waals surface area contributed by atoms with Crippen molar-refractivity contribution in [1.82, 2.24) is 0 Å². The maximum Gasteiger partial charge on any atom is 0.175 e. The molecule has 2 rings (SSSR count). The molecule has 0 spiro atoms. The van der Waals surface area contributed by atoms with Crippen LogP contribution >= 0.6 is 11.6 Å². The highest BCUT2D eigenvalue weighted by atomic mass is 35.5. The molecular weight excluding hydrogens is 298 g/mol. The van der Waals surface area contributed by atoms with E-state index < -0.39 is 9.84 Å². The molecule has 1 aromatic heterocycles. The lowest BCUT2D eigenvalue weighted by Crippen LogP contribution is -2.10. The molecule has 0 aliphatic rings. The Hall–Kier alpha value is -1.46. The highest BCUT2D eigenvalue weighted by Gasteiger charge is 2.15. The Labute approximate surface area is 123 Å². The van der Waals surface area contributed by atoms with Gasteiger partial charge in [-0.1, -0.05) is 18.5 Å². The maximum absolute atomic E-state index is 11.6. The van der Waals surface area contributed by atoms with Crippen molar-refractivity contribution in [2.45, 2.75) is 24.3 Å². The molecule has 0 saturated carbocycles. The van der Waals surface area contributed by atoms with Gasteiger partial charge in [0.05, 0.1) is 27.9 Å². The van der Waals surface area contributed by atoms with Gasteiger partial charge in [-0.25, -0.2) is 8.42 Å². The summed E-state index contributed by atoms with van der Waals surface area (Å²) in [4.78, 5) is 0.235. The summed E-state index contributed by atoms with van der Waals surface area (Å²) in [6.07, 6.45) is 3.56. The molecule has 1 aromatic carbocycles. The third-order valence-corrected chi connectivity index (χ3v) is 4.43. The Morgan fingerprint density at radius 3 is 2.65 bits per heavy atom. The van der Waals surface area contributed by atoms with Crippen molar-refractivity contribution in [3.63, 3.8) is 0 Å². The highest BCUT2D eigenvalue weighted by molar-refractivity contribution is 7.90. The normalized spacial score (nSPS) is 13.2. The number of anilines is 1. The summed E-state index contributed by atoms with van der Waals surface area (Å²) in [7, 11) is -3.26. The van der Waals surface area contributed by atoms with Gasteiger partial charge in [-0.2, -0.15) is 0 Å². The molecule has 20 heavy (non-hydrogen) atoms. The van der Waals surface area contributed by atoms with Crippen molar-refractivity contribution in [3.05, 3.63) is 47.4 Å². The van der Waals surface area contributed by atoms with Gasteiger partial charge in [-0.3, -0.25) is 0 Å². The number of nitrogens with one attached hydrogen (secondary N) is 1. The van der Waals surface area contributed by atoms with E-state index in [1.807, 2.05) is 19.1 Å². The van der Waals surface area contributed by atoms with Crippen molar-refractivity contribution in [2.75, 3.05) is 11.6 Å². The second-order valence-corrected chi connectivity index (χ2v) is 6.96. The van der Waals surface area contributed by atoms with E-state index in [-0.39, 0.29) is 10.9 Å². The van der Waals surface area contributed by atoms with Gasteiger partial charge in [0.15, 0.2) is 9.84 Å². The lowest BCUT2D eigenvalue weighted by molar-refractivity contribution is 0.474. The maximum atomic E-state index is 11.6. The Kier molecular flexibility index (Phi) is 4.40. The number of benzene rings is 1. The van der Waals surface area contributed by atoms with Crippen LogP contribution in [0, 0.1) is 0 Å². The molecular formula is C14H16ClNO3S. The van der Waals surface area contributed by atoms with Crippen LogP contribution in [-0.2, 0) is 9.84 Å². The fraction of sp³-hybridized carbons (Fsp3) is 0.286. The summed E-state index contributed by atoms with van der Waals surface area (Å²) in [6, 6.07) is 8.25. The zero-order chi connectivity index (χ0) is 14.8. The predicted molar refractivity (Wildman–Crippen MR) is 79.9 cm³/mol. The molecule has 0 saturated heterocycles. The van der Waals surface area contributed by atoms with Gasteiger partial charge >= 0.3 is 0 Å². The van der Waals surface area contributed by atoms with Crippen LogP contribution in [0.4, 0.5) is 5.69 Å². The minimum Gasteiger partial charge on any atom is -0.467 e. The third kappa shape index (κ3) is 3.35. The number of sulfone groups is 1. The number of halogens is 1. The van der Waals surface area contributed by atoms with Crippen molar-refractivity contribution >= 4 is 27.1 Å². The van der Waals surface area contributed by atoms with Crippen LogP contribution in [0.5, 0.6) is 0 Å². The first kappa shape index (κ1) is 14.9.